The molecule has 0 aliphatic carbocycles. The maximum Gasteiger partial charge on any atom is 0.253 e. The van der Waals surface area contributed by atoms with Crippen molar-refractivity contribution in [1.29, 1.82) is 0 Å². The third-order valence-corrected chi connectivity index (χ3v) is 3.41. The summed E-state index contributed by atoms with van der Waals surface area (Å²) in [5.74, 6) is 0.816. The summed E-state index contributed by atoms with van der Waals surface area (Å²) in [5.41, 5.74) is 2.53. The van der Waals surface area contributed by atoms with E-state index in [9.17, 15) is 4.79 Å². The smallest absolute Gasteiger partial charge is 0.253 e. The van der Waals surface area contributed by atoms with Gasteiger partial charge >= 0.3 is 0 Å². The Bertz CT molecular complexity index is 757. The molecule has 0 bridgehead atoms. The number of H-pyrrole nitrogens is 1. The second-order valence-corrected chi connectivity index (χ2v) is 4.84. The fourth-order valence-electron chi connectivity index (χ4n) is 2.19. The zero-order valence-corrected chi connectivity index (χ0v) is 11.4. The summed E-state index contributed by atoms with van der Waals surface area (Å²) in [6, 6.07) is 7.42. The number of nitrogens with one attached hydrogen (secondary N) is 1. The number of fused-ring (bicyclic) bond motifs is 1. The van der Waals surface area contributed by atoms with Crippen LogP contribution in [0.25, 0.3) is 10.9 Å². The number of aromatic amines is 1. The Kier molecular flexibility index (Phi) is 3.02. The van der Waals surface area contributed by atoms with Crippen molar-refractivity contribution >= 4 is 16.8 Å². The number of rotatable bonds is 3. The first-order valence-corrected chi connectivity index (χ1v) is 6.37. The molecule has 102 valence electrons. The van der Waals surface area contributed by atoms with Crippen LogP contribution in [-0.4, -0.2) is 28.1 Å². The van der Waals surface area contributed by atoms with Crippen LogP contribution >= 0.6 is 0 Å². The molecule has 0 saturated carbocycles. The lowest BCUT2D eigenvalue weighted by molar-refractivity contribution is 0.0785. The van der Waals surface area contributed by atoms with Gasteiger partial charge in [-0.2, -0.15) is 5.10 Å². The second kappa shape index (κ2) is 4.85. The summed E-state index contributed by atoms with van der Waals surface area (Å²) < 4.78 is 5.25. The van der Waals surface area contributed by atoms with E-state index in [2.05, 4.69) is 10.2 Å². The Hall–Kier alpha value is -2.56. The summed E-state index contributed by atoms with van der Waals surface area (Å²) in [6.07, 6.45) is 3.38. The van der Waals surface area contributed by atoms with E-state index >= 15 is 0 Å². The Balaban J connectivity index is 1.82. The number of carbonyl (C=O) groups is 1. The molecule has 2 aromatic heterocycles. The summed E-state index contributed by atoms with van der Waals surface area (Å²) >= 11 is 0. The van der Waals surface area contributed by atoms with Crippen molar-refractivity contribution in [2.45, 2.75) is 13.5 Å². The van der Waals surface area contributed by atoms with E-state index in [1.54, 1.807) is 24.4 Å². The molecular formula is C15H15N3O2. The van der Waals surface area contributed by atoms with Crippen molar-refractivity contribution < 1.29 is 9.21 Å². The Morgan fingerprint density at radius 1 is 1.40 bits per heavy atom. The van der Waals surface area contributed by atoms with Crippen molar-refractivity contribution in [3.05, 3.63) is 53.6 Å². The molecule has 5 heteroatoms. The van der Waals surface area contributed by atoms with Crippen molar-refractivity contribution in [3.63, 3.8) is 0 Å². The van der Waals surface area contributed by atoms with Crippen LogP contribution in [0.2, 0.25) is 0 Å². The van der Waals surface area contributed by atoms with Gasteiger partial charge in [-0.3, -0.25) is 9.89 Å². The highest BCUT2D eigenvalue weighted by Gasteiger charge is 2.14. The van der Waals surface area contributed by atoms with Gasteiger partial charge in [0.15, 0.2) is 0 Å². The number of carbonyl (C=O) groups excluding carboxylic acids is 1. The molecule has 2 heterocycles. The minimum atomic E-state index is -0.0258. The first-order valence-electron chi connectivity index (χ1n) is 6.37. The van der Waals surface area contributed by atoms with Crippen LogP contribution in [0.1, 0.15) is 21.7 Å². The van der Waals surface area contributed by atoms with Gasteiger partial charge in [0.05, 0.1) is 18.0 Å². The van der Waals surface area contributed by atoms with Crippen LogP contribution in [0.3, 0.4) is 0 Å². The van der Waals surface area contributed by atoms with Crippen LogP contribution in [0, 0.1) is 6.92 Å². The Labute approximate surface area is 116 Å². The molecule has 0 unspecified atom stereocenters. The van der Waals surface area contributed by atoms with Crippen LogP contribution in [0.15, 0.2) is 41.1 Å². The molecule has 0 spiro atoms. The van der Waals surface area contributed by atoms with E-state index in [1.807, 2.05) is 31.2 Å². The predicted octanol–water partition coefficient (Wildman–Crippen LogP) is 2.74. The summed E-state index contributed by atoms with van der Waals surface area (Å²) in [4.78, 5) is 14.1. The second-order valence-electron chi connectivity index (χ2n) is 4.84. The molecule has 1 N–H and O–H groups in total. The number of benzene rings is 1. The molecule has 0 aliphatic heterocycles. The van der Waals surface area contributed by atoms with Gasteiger partial charge in [0, 0.05) is 30.1 Å². The first kappa shape index (κ1) is 12.5. The van der Waals surface area contributed by atoms with E-state index in [0.29, 0.717) is 12.1 Å². The number of hydrogen-bond acceptors (Lipinski definition) is 3. The van der Waals surface area contributed by atoms with E-state index < -0.39 is 0 Å². The Morgan fingerprint density at radius 3 is 3.00 bits per heavy atom. The van der Waals surface area contributed by atoms with Crippen molar-refractivity contribution in [2.24, 2.45) is 0 Å². The van der Waals surface area contributed by atoms with E-state index in [4.69, 9.17) is 4.42 Å². The number of furan rings is 1. The Morgan fingerprint density at radius 2 is 2.25 bits per heavy atom. The quantitative estimate of drug-likeness (QED) is 0.795. The molecule has 1 aromatic carbocycles. The lowest BCUT2D eigenvalue weighted by Crippen LogP contribution is -2.26. The minimum Gasteiger partial charge on any atom is -0.469 e. The van der Waals surface area contributed by atoms with Crippen molar-refractivity contribution in [2.75, 3.05) is 7.05 Å². The molecule has 3 rings (SSSR count). The predicted molar refractivity (Wildman–Crippen MR) is 75.3 cm³/mol. The molecule has 0 radical (unpaired) electrons. The van der Waals surface area contributed by atoms with E-state index in [1.165, 1.54) is 0 Å². The van der Waals surface area contributed by atoms with E-state index in [-0.39, 0.29) is 5.91 Å². The zero-order valence-electron chi connectivity index (χ0n) is 11.4. The van der Waals surface area contributed by atoms with Crippen molar-refractivity contribution in [3.8, 4) is 0 Å². The number of nitrogens with zero attached hydrogens (tertiary/aromatic N) is 2. The van der Waals surface area contributed by atoms with Crippen LogP contribution in [0.4, 0.5) is 0 Å². The van der Waals surface area contributed by atoms with Crippen molar-refractivity contribution in [1.82, 2.24) is 15.1 Å². The van der Waals surface area contributed by atoms with Crippen LogP contribution in [0.5, 0.6) is 0 Å². The van der Waals surface area contributed by atoms with Gasteiger partial charge in [-0.1, -0.05) is 6.07 Å². The lowest BCUT2D eigenvalue weighted by atomic mass is 10.1. The SMILES string of the molecule is Cc1occc1CN(C)C(=O)c1ccc2cn[nH]c2c1. The van der Waals surface area contributed by atoms with Crippen LogP contribution in [-0.2, 0) is 6.54 Å². The number of aryl methyl sites for hydroxylation is 1. The highest BCUT2D eigenvalue weighted by Crippen LogP contribution is 2.16. The maximum atomic E-state index is 12.4. The van der Waals surface area contributed by atoms with Gasteiger partial charge in [0.1, 0.15) is 5.76 Å². The maximum absolute atomic E-state index is 12.4. The molecule has 20 heavy (non-hydrogen) atoms. The first-order chi connectivity index (χ1) is 9.65. The summed E-state index contributed by atoms with van der Waals surface area (Å²) in [6.45, 7) is 2.42. The lowest BCUT2D eigenvalue weighted by Gasteiger charge is -2.16. The number of hydrogen-bond donors (Lipinski definition) is 1. The van der Waals surface area contributed by atoms with Crippen LogP contribution < -0.4 is 0 Å². The topological polar surface area (TPSA) is 62.1 Å². The van der Waals surface area contributed by atoms with Gasteiger partial charge in [0.25, 0.3) is 5.91 Å². The molecule has 0 saturated heterocycles. The molecule has 3 aromatic rings. The molecule has 0 fully saturated rings. The minimum absolute atomic E-state index is 0.0258. The van der Waals surface area contributed by atoms with E-state index in [0.717, 1.165) is 22.2 Å². The van der Waals surface area contributed by atoms with Gasteiger partial charge in [-0.05, 0) is 25.1 Å². The normalized spacial score (nSPS) is 10.9. The third-order valence-electron chi connectivity index (χ3n) is 3.41. The van der Waals surface area contributed by atoms with Gasteiger partial charge in [-0.15, -0.1) is 0 Å². The average Bonchev–Trinajstić information content (AvgIpc) is 3.06. The van der Waals surface area contributed by atoms with Gasteiger partial charge < -0.3 is 9.32 Å². The third kappa shape index (κ3) is 2.18. The fraction of sp³-hybridized carbons (Fsp3) is 0.200. The van der Waals surface area contributed by atoms with Gasteiger partial charge in [-0.25, -0.2) is 0 Å². The zero-order chi connectivity index (χ0) is 14.1. The fourth-order valence-corrected chi connectivity index (χ4v) is 2.19. The molecule has 1 amide bonds. The molecule has 0 aliphatic rings. The number of amides is 1. The average molecular weight is 269 g/mol. The summed E-state index contributed by atoms with van der Waals surface area (Å²) in [5, 5.41) is 7.82. The molecule has 5 nitrogen and oxygen atoms in total. The molecule has 0 atom stereocenters. The highest BCUT2D eigenvalue weighted by atomic mass is 16.3. The number of aromatic nitrogens is 2. The highest BCUT2D eigenvalue weighted by molar-refractivity contribution is 5.97. The summed E-state index contributed by atoms with van der Waals surface area (Å²) in [7, 11) is 1.78. The monoisotopic (exact) mass is 269 g/mol. The molecular weight excluding hydrogens is 254 g/mol. The van der Waals surface area contributed by atoms with Gasteiger partial charge in [0.2, 0.25) is 0 Å². The standard InChI is InChI=1S/C15H15N3O2/c1-10-13(5-6-20-10)9-18(2)15(19)11-3-4-12-8-16-17-14(12)7-11/h3-8H,9H2,1-2H3,(H,16,17). The largest absolute Gasteiger partial charge is 0.469 e.